The molecule has 1 aliphatic carbocycles. The highest BCUT2D eigenvalue weighted by atomic mass is 35.5. The van der Waals surface area contributed by atoms with Crippen molar-refractivity contribution in [1.82, 2.24) is 5.32 Å². The molecule has 0 aromatic heterocycles. The molecule has 2 aliphatic rings. The zero-order valence-corrected chi connectivity index (χ0v) is 12.3. The largest absolute Gasteiger partial charge is 0.387 e. The number of nitrogens with one attached hydrogen (secondary N) is 1. The number of likely N-dealkylation sites (N-methyl/N-ethyl adjacent to an activating group) is 1. The van der Waals surface area contributed by atoms with Crippen LogP contribution in [-0.2, 0) is 0 Å². The number of allylic oxidation sites excluding steroid dienone is 8. The molecular weight excluding hydrogens is 256 g/mol. The van der Waals surface area contributed by atoms with Crippen LogP contribution in [-0.4, -0.2) is 13.3 Å². The normalized spacial score (nSPS) is 29.5. The molecule has 2 rings (SSSR count). The van der Waals surface area contributed by atoms with Crippen molar-refractivity contribution in [3.05, 3.63) is 58.5 Å². The molecule has 0 saturated heterocycles. The molecular formula is C16H19ClN2. The molecule has 2 nitrogen and oxygen atoms in total. The zero-order chi connectivity index (χ0) is 13.9. The Labute approximate surface area is 120 Å². The maximum absolute atomic E-state index is 6.18. The molecule has 0 radical (unpaired) electrons. The molecule has 1 unspecified atom stereocenters. The molecule has 19 heavy (non-hydrogen) atoms. The SMILES string of the molecule is CNC1=CN=C/C(C2(C)C=CC=C(Cl)C2)=C\C(C)=C1. The van der Waals surface area contributed by atoms with Gasteiger partial charge in [-0.05, 0) is 36.6 Å². The van der Waals surface area contributed by atoms with Gasteiger partial charge in [-0.2, -0.15) is 0 Å². The van der Waals surface area contributed by atoms with Crippen LogP contribution in [0.25, 0.3) is 0 Å². The number of hydrogen-bond acceptors (Lipinski definition) is 2. The first-order valence-electron chi connectivity index (χ1n) is 6.39. The van der Waals surface area contributed by atoms with Gasteiger partial charge in [0.15, 0.2) is 0 Å². The first-order chi connectivity index (χ1) is 9.03. The minimum absolute atomic E-state index is 0.0879. The first-order valence-corrected chi connectivity index (χ1v) is 6.77. The van der Waals surface area contributed by atoms with E-state index in [1.165, 1.54) is 11.1 Å². The van der Waals surface area contributed by atoms with Gasteiger partial charge in [-0.1, -0.05) is 36.8 Å². The van der Waals surface area contributed by atoms with Crippen LogP contribution in [0.5, 0.6) is 0 Å². The maximum Gasteiger partial charge on any atom is 0.0526 e. The summed E-state index contributed by atoms with van der Waals surface area (Å²) in [5.74, 6) is 0. The van der Waals surface area contributed by atoms with Crippen LogP contribution in [0.1, 0.15) is 20.3 Å². The molecule has 1 heterocycles. The van der Waals surface area contributed by atoms with Crippen LogP contribution in [0.2, 0.25) is 0 Å². The van der Waals surface area contributed by atoms with Crippen LogP contribution in [0.15, 0.2) is 63.4 Å². The molecule has 0 aromatic rings. The highest BCUT2D eigenvalue weighted by Crippen LogP contribution is 2.39. The predicted octanol–water partition coefficient (Wildman–Crippen LogP) is 4.09. The average Bonchev–Trinajstić information content (AvgIpc) is 2.32. The van der Waals surface area contributed by atoms with Gasteiger partial charge >= 0.3 is 0 Å². The lowest BCUT2D eigenvalue weighted by Crippen LogP contribution is -2.20. The molecule has 0 spiro atoms. The van der Waals surface area contributed by atoms with Crippen molar-refractivity contribution in [3.8, 4) is 0 Å². The third-order valence-electron chi connectivity index (χ3n) is 3.42. The summed E-state index contributed by atoms with van der Waals surface area (Å²) in [6, 6.07) is 0. The summed E-state index contributed by atoms with van der Waals surface area (Å²) in [5, 5.41) is 3.99. The summed E-state index contributed by atoms with van der Waals surface area (Å²) in [4.78, 5) is 4.39. The van der Waals surface area contributed by atoms with Gasteiger partial charge < -0.3 is 5.32 Å². The lowest BCUT2D eigenvalue weighted by Gasteiger charge is -2.29. The summed E-state index contributed by atoms with van der Waals surface area (Å²) >= 11 is 6.18. The molecule has 100 valence electrons. The molecule has 3 heteroatoms. The molecule has 1 N–H and O–H groups in total. The van der Waals surface area contributed by atoms with E-state index in [0.717, 1.165) is 17.2 Å². The van der Waals surface area contributed by atoms with Gasteiger partial charge in [0, 0.05) is 29.9 Å². The minimum Gasteiger partial charge on any atom is -0.387 e. The topological polar surface area (TPSA) is 24.4 Å². The molecule has 0 fully saturated rings. The number of rotatable bonds is 2. The lowest BCUT2D eigenvalue weighted by atomic mass is 9.76. The van der Waals surface area contributed by atoms with Gasteiger partial charge in [0.2, 0.25) is 0 Å². The van der Waals surface area contributed by atoms with Crippen LogP contribution in [0.4, 0.5) is 0 Å². The van der Waals surface area contributed by atoms with Crippen molar-refractivity contribution < 1.29 is 0 Å². The fourth-order valence-corrected chi connectivity index (χ4v) is 2.64. The van der Waals surface area contributed by atoms with Crippen LogP contribution < -0.4 is 5.32 Å². The maximum atomic E-state index is 6.18. The number of hydrogen-bond donors (Lipinski definition) is 1. The van der Waals surface area contributed by atoms with Crippen molar-refractivity contribution in [1.29, 1.82) is 0 Å². The van der Waals surface area contributed by atoms with E-state index in [9.17, 15) is 0 Å². The Morgan fingerprint density at radius 1 is 1.37 bits per heavy atom. The Morgan fingerprint density at radius 2 is 2.16 bits per heavy atom. The minimum atomic E-state index is -0.0879. The third kappa shape index (κ3) is 3.27. The second kappa shape index (κ2) is 5.62. The summed E-state index contributed by atoms with van der Waals surface area (Å²) in [7, 11) is 1.90. The number of nitrogens with zero attached hydrogens (tertiary/aromatic N) is 1. The molecule has 0 aromatic carbocycles. The fraction of sp³-hybridized carbons (Fsp3) is 0.312. The first kappa shape index (κ1) is 13.9. The van der Waals surface area contributed by atoms with E-state index in [4.69, 9.17) is 11.6 Å². The Hall–Kier alpha value is -1.54. The summed E-state index contributed by atoms with van der Waals surface area (Å²) in [5.41, 5.74) is 3.29. The fourth-order valence-electron chi connectivity index (χ4n) is 2.29. The van der Waals surface area contributed by atoms with Crippen LogP contribution >= 0.6 is 11.6 Å². The van der Waals surface area contributed by atoms with Gasteiger partial charge in [0.25, 0.3) is 0 Å². The Kier molecular flexibility index (Phi) is 4.11. The van der Waals surface area contributed by atoms with Crippen molar-refractivity contribution in [3.63, 3.8) is 0 Å². The summed E-state index contributed by atoms with van der Waals surface area (Å²) in [6.07, 6.45) is 15.0. The van der Waals surface area contributed by atoms with Crippen molar-refractivity contribution >= 4 is 17.8 Å². The zero-order valence-electron chi connectivity index (χ0n) is 11.6. The quantitative estimate of drug-likeness (QED) is 0.806. The second-order valence-corrected chi connectivity index (χ2v) is 5.65. The van der Waals surface area contributed by atoms with Gasteiger partial charge in [0.05, 0.1) is 5.70 Å². The predicted molar refractivity (Wildman–Crippen MR) is 83.3 cm³/mol. The van der Waals surface area contributed by atoms with E-state index in [2.05, 4.69) is 42.4 Å². The Bertz CT molecular complexity index is 547. The van der Waals surface area contributed by atoms with E-state index < -0.39 is 0 Å². The van der Waals surface area contributed by atoms with E-state index in [1.807, 2.05) is 31.6 Å². The van der Waals surface area contributed by atoms with Gasteiger partial charge in [-0.3, -0.25) is 4.99 Å². The van der Waals surface area contributed by atoms with E-state index in [-0.39, 0.29) is 5.41 Å². The van der Waals surface area contributed by atoms with Crippen molar-refractivity contribution in [2.24, 2.45) is 10.4 Å². The average molecular weight is 275 g/mol. The van der Waals surface area contributed by atoms with Gasteiger partial charge in [0.1, 0.15) is 0 Å². The molecule has 1 aliphatic heterocycles. The number of halogens is 1. The Balaban J connectivity index is 2.34. The highest BCUT2D eigenvalue weighted by molar-refractivity contribution is 6.29. The third-order valence-corrected chi connectivity index (χ3v) is 3.68. The lowest BCUT2D eigenvalue weighted by molar-refractivity contribution is 0.534. The van der Waals surface area contributed by atoms with E-state index >= 15 is 0 Å². The Morgan fingerprint density at radius 3 is 2.84 bits per heavy atom. The highest BCUT2D eigenvalue weighted by Gasteiger charge is 2.28. The molecule has 0 amide bonds. The summed E-state index contributed by atoms with van der Waals surface area (Å²) < 4.78 is 0. The van der Waals surface area contributed by atoms with Crippen LogP contribution in [0, 0.1) is 5.41 Å². The molecule has 1 atom stereocenters. The van der Waals surface area contributed by atoms with Gasteiger partial charge in [-0.25, -0.2) is 0 Å². The smallest absolute Gasteiger partial charge is 0.0526 e. The van der Waals surface area contributed by atoms with Gasteiger partial charge in [-0.15, -0.1) is 0 Å². The molecule has 0 saturated carbocycles. The van der Waals surface area contributed by atoms with E-state index in [0.29, 0.717) is 0 Å². The van der Waals surface area contributed by atoms with Crippen LogP contribution in [0.3, 0.4) is 0 Å². The monoisotopic (exact) mass is 274 g/mol. The summed E-state index contributed by atoms with van der Waals surface area (Å²) in [6.45, 7) is 4.28. The number of aliphatic imine (C=N–C) groups is 1. The van der Waals surface area contributed by atoms with E-state index in [1.54, 1.807) is 0 Å². The van der Waals surface area contributed by atoms with Crippen molar-refractivity contribution in [2.75, 3.05) is 7.05 Å². The molecule has 0 bridgehead atoms. The van der Waals surface area contributed by atoms with Crippen molar-refractivity contribution in [2.45, 2.75) is 20.3 Å². The standard InChI is InChI=1S/C16H19ClN2/c1-12-7-13(10-19-11-15(8-12)18-3)16(2)6-4-5-14(17)9-16/h4-8,10-11,18H,9H2,1-3H3/b12-7?,12-8?,13-7+,13-10?,15-8?,15-11?,19-10?,19-11?. The second-order valence-electron chi connectivity index (χ2n) is 5.17.